The van der Waals surface area contributed by atoms with Gasteiger partial charge in [-0.2, -0.15) is 0 Å². The predicted octanol–water partition coefficient (Wildman–Crippen LogP) is 1.16. The van der Waals surface area contributed by atoms with E-state index in [1.165, 1.54) is 0 Å². The monoisotopic (exact) mass is 204 g/mol. The molecule has 1 aromatic rings. The number of carbonyl (C=O) groups excluding carboxylic acids is 2. The van der Waals surface area contributed by atoms with Gasteiger partial charge in [0.25, 0.3) is 0 Å². The molecule has 0 bridgehead atoms. The van der Waals surface area contributed by atoms with Gasteiger partial charge in [0, 0.05) is 24.8 Å². The van der Waals surface area contributed by atoms with Gasteiger partial charge in [0.15, 0.2) is 0 Å². The molecule has 78 valence electrons. The van der Waals surface area contributed by atoms with Crippen LogP contribution in [0.4, 0.5) is 11.4 Å². The van der Waals surface area contributed by atoms with Gasteiger partial charge in [-0.3, -0.25) is 9.59 Å². The van der Waals surface area contributed by atoms with Crippen LogP contribution in [-0.2, 0) is 16.0 Å². The summed E-state index contributed by atoms with van der Waals surface area (Å²) in [6, 6.07) is 5.58. The highest BCUT2D eigenvalue weighted by atomic mass is 16.2. The topological polar surface area (TPSA) is 49.4 Å². The Morgan fingerprint density at radius 2 is 2.33 bits per heavy atom. The zero-order valence-corrected chi connectivity index (χ0v) is 8.49. The molecule has 0 aromatic heterocycles. The molecule has 0 saturated heterocycles. The number of nitrogens with one attached hydrogen (secondary N) is 1. The van der Waals surface area contributed by atoms with E-state index < -0.39 is 0 Å². The summed E-state index contributed by atoms with van der Waals surface area (Å²) in [6.45, 7) is 2.29. The number of hydrogen-bond acceptors (Lipinski definition) is 2. The normalized spacial score (nSPS) is 13.5. The Hall–Kier alpha value is -1.84. The molecule has 1 aliphatic rings. The summed E-state index contributed by atoms with van der Waals surface area (Å²) >= 11 is 0. The second kappa shape index (κ2) is 3.73. The Morgan fingerprint density at radius 1 is 1.53 bits per heavy atom. The van der Waals surface area contributed by atoms with Crippen molar-refractivity contribution < 1.29 is 9.59 Å². The third kappa shape index (κ3) is 1.70. The number of carbonyl (C=O) groups is 2. The van der Waals surface area contributed by atoms with E-state index in [2.05, 4.69) is 5.32 Å². The average Bonchev–Trinajstić information content (AvgIpc) is 2.61. The zero-order valence-electron chi connectivity index (χ0n) is 8.49. The van der Waals surface area contributed by atoms with Crippen LogP contribution >= 0.6 is 0 Å². The molecular formula is C11H12N2O2. The Bertz CT molecular complexity index is 415. The smallest absolute Gasteiger partial charge is 0.223 e. The van der Waals surface area contributed by atoms with E-state index in [9.17, 15) is 9.59 Å². The van der Waals surface area contributed by atoms with Crippen molar-refractivity contribution in [1.82, 2.24) is 0 Å². The molecule has 1 heterocycles. The predicted molar refractivity (Wildman–Crippen MR) is 57.9 cm³/mol. The molecule has 4 nitrogen and oxygen atoms in total. The maximum Gasteiger partial charge on any atom is 0.223 e. The van der Waals surface area contributed by atoms with E-state index >= 15 is 0 Å². The highest BCUT2D eigenvalue weighted by Gasteiger charge is 2.21. The molecule has 0 spiro atoms. The van der Waals surface area contributed by atoms with Crippen LogP contribution < -0.4 is 10.2 Å². The number of hydrogen-bond donors (Lipinski definition) is 1. The molecule has 0 fully saturated rings. The zero-order chi connectivity index (χ0) is 10.8. The fourth-order valence-corrected chi connectivity index (χ4v) is 1.89. The molecule has 0 atom stereocenters. The summed E-state index contributed by atoms with van der Waals surface area (Å²) in [4.78, 5) is 23.3. The SMILES string of the molecule is CC(=O)N1CCc2cc(NC=O)ccc21. The number of rotatable bonds is 2. The molecule has 15 heavy (non-hydrogen) atoms. The van der Waals surface area contributed by atoms with Crippen molar-refractivity contribution in [2.45, 2.75) is 13.3 Å². The molecule has 2 rings (SSSR count). The molecule has 1 aliphatic heterocycles. The van der Waals surface area contributed by atoms with Crippen LogP contribution in [0.25, 0.3) is 0 Å². The van der Waals surface area contributed by atoms with E-state index in [0.29, 0.717) is 6.41 Å². The van der Waals surface area contributed by atoms with Gasteiger partial charge in [0.2, 0.25) is 12.3 Å². The molecule has 0 saturated carbocycles. The third-order valence-corrected chi connectivity index (χ3v) is 2.58. The van der Waals surface area contributed by atoms with E-state index in [4.69, 9.17) is 0 Å². The minimum atomic E-state index is 0.0600. The summed E-state index contributed by atoms with van der Waals surface area (Å²) in [5.74, 6) is 0.0600. The van der Waals surface area contributed by atoms with E-state index in [1.807, 2.05) is 12.1 Å². The summed E-state index contributed by atoms with van der Waals surface area (Å²) in [5.41, 5.74) is 2.84. The first kappa shape index (κ1) is 9.71. The van der Waals surface area contributed by atoms with Crippen LogP contribution in [0, 0.1) is 0 Å². The second-order valence-corrected chi connectivity index (χ2v) is 3.53. The molecular weight excluding hydrogens is 192 g/mol. The Labute approximate surface area is 87.9 Å². The van der Waals surface area contributed by atoms with Crippen LogP contribution in [0.1, 0.15) is 12.5 Å². The van der Waals surface area contributed by atoms with Gasteiger partial charge < -0.3 is 10.2 Å². The Balaban J connectivity index is 2.33. The molecule has 4 heteroatoms. The van der Waals surface area contributed by atoms with Crippen LogP contribution in [0.15, 0.2) is 18.2 Å². The number of nitrogens with zero attached hydrogens (tertiary/aromatic N) is 1. The fourth-order valence-electron chi connectivity index (χ4n) is 1.89. The Kier molecular flexibility index (Phi) is 2.41. The van der Waals surface area contributed by atoms with Gasteiger partial charge in [0.1, 0.15) is 0 Å². The number of anilines is 2. The van der Waals surface area contributed by atoms with Crippen LogP contribution in [-0.4, -0.2) is 18.9 Å². The van der Waals surface area contributed by atoms with Gasteiger partial charge >= 0.3 is 0 Å². The molecule has 1 aromatic carbocycles. The second-order valence-electron chi connectivity index (χ2n) is 3.53. The fraction of sp³-hybridized carbons (Fsp3) is 0.273. The van der Waals surface area contributed by atoms with Crippen molar-refractivity contribution in [3.63, 3.8) is 0 Å². The highest BCUT2D eigenvalue weighted by molar-refractivity contribution is 5.94. The van der Waals surface area contributed by atoms with Crippen molar-refractivity contribution in [1.29, 1.82) is 0 Å². The maximum atomic E-state index is 11.3. The van der Waals surface area contributed by atoms with Gasteiger partial charge in [-0.25, -0.2) is 0 Å². The lowest BCUT2D eigenvalue weighted by molar-refractivity contribution is -0.116. The summed E-state index contributed by atoms with van der Waals surface area (Å²) in [6.07, 6.45) is 1.50. The number of amides is 2. The molecule has 0 radical (unpaired) electrons. The minimum Gasteiger partial charge on any atom is -0.329 e. The highest BCUT2D eigenvalue weighted by Crippen LogP contribution is 2.30. The quantitative estimate of drug-likeness (QED) is 0.735. The number of fused-ring (bicyclic) bond motifs is 1. The van der Waals surface area contributed by atoms with Crippen molar-refractivity contribution in [2.75, 3.05) is 16.8 Å². The van der Waals surface area contributed by atoms with Crippen molar-refractivity contribution in [3.05, 3.63) is 23.8 Å². The van der Waals surface area contributed by atoms with E-state index in [0.717, 1.165) is 29.9 Å². The molecule has 0 aliphatic carbocycles. The summed E-state index contributed by atoms with van der Waals surface area (Å²) in [7, 11) is 0. The standard InChI is InChI=1S/C11H12N2O2/c1-8(15)13-5-4-9-6-10(12-7-14)2-3-11(9)13/h2-3,6-7H,4-5H2,1H3,(H,12,14). The molecule has 2 amide bonds. The van der Waals surface area contributed by atoms with Gasteiger partial charge in [-0.15, -0.1) is 0 Å². The summed E-state index contributed by atoms with van der Waals surface area (Å²) < 4.78 is 0. The lowest BCUT2D eigenvalue weighted by Gasteiger charge is -2.14. The average molecular weight is 204 g/mol. The lowest BCUT2D eigenvalue weighted by Crippen LogP contribution is -2.25. The first-order valence-electron chi connectivity index (χ1n) is 4.83. The van der Waals surface area contributed by atoms with Crippen molar-refractivity contribution >= 4 is 23.7 Å². The maximum absolute atomic E-state index is 11.3. The Morgan fingerprint density at radius 3 is 3.00 bits per heavy atom. The van der Waals surface area contributed by atoms with Gasteiger partial charge in [-0.05, 0) is 30.2 Å². The molecule has 1 N–H and O–H groups in total. The van der Waals surface area contributed by atoms with Crippen LogP contribution in [0.5, 0.6) is 0 Å². The van der Waals surface area contributed by atoms with E-state index in [1.54, 1.807) is 17.9 Å². The minimum absolute atomic E-state index is 0.0600. The summed E-state index contributed by atoms with van der Waals surface area (Å²) in [5, 5.41) is 2.60. The van der Waals surface area contributed by atoms with Crippen LogP contribution in [0.2, 0.25) is 0 Å². The first-order chi connectivity index (χ1) is 7.22. The van der Waals surface area contributed by atoms with Gasteiger partial charge in [-0.1, -0.05) is 0 Å². The molecule has 0 unspecified atom stereocenters. The van der Waals surface area contributed by atoms with Crippen molar-refractivity contribution in [2.24, 2.45) is 0 Å². The largest absolute Gasteiger partial charge is 0.329 e. The van der Waals surface area contributed by atoms with Gasteiger partial charge in [0.05, 0.1) is 0 Å². The third-order valence-electron chi connectivity index (χ3n) is 2.58. The van der Waals surface area contributed by atoms with Crippen LogP contribution in [0.3, 0.4) is 0 Å². The lowest BCUT2D eigenvalue weighted by atomic mass is 10.1. The van der Waals surface area contributed by atoms with E-state index in [-0.39, 0.29) is 5.91 Å². The van der Waals surface area contributed by atoms with Crippen molar-refractivity contribution in [3.8, 4) is 0 Å². The number of benzene rings is 1. The first-order valence-corrected chi connectivity index (χ1v) is 4.83.